The maximum absolute atomic E-state index is 14.2. The van der Waals surface area contributed by atoms with Crippen LogP contribution in [0.2, 0.25) is 0 Å². The number of ether oxygens (including phenoxy) is 3. The highest BCUT2D eigenvalue weighted by atomic mass is 32.1. The third kappa shape index (κ3) is 6.57. The number of benzene rings is 4. The van der Waals surface area contributed by atoms with Crippen LogP contribution in [0.1, 0.15) is 29.7 Å². The van der Waals surface area contributed by atoms with Gasteiger partial charge in [-0.25, -0.2) is 13.8 Å². The number of amides is 1. The van der Waals surface area contributed by atoms with Crippen molar-refractivity contribution in [3.8, 4) is 17.2 Å². The highest BCUT2D eigenvalue weighted by molar-refractivity contribution is 7.07. The average molecular weight is 690 g/mol. The first kappa shape index (κ1) is 33.2. The molecule has 1 N–H and O–H groups in total. The van der Waals surface area contributed by atoms with Gasteiger partial charge in [-0.3, -0.25) is 14.2 Å². The molecular weight excluding hydrogens is 662 g/mol. The molecule has 1 aromatic heterocycles. The van der Waals surface area contributed by atoms with Crippen LogP contribution in [0.4, 0.5) is 23.2 Å². The molecule has 0 fully saturated rings. The Hall–Kier alpha value is -5.69. The van der Waals surface area contributed by atoms with Gasteiger partial charge in [0.1, 0.15) is 18.1 Å². The standard InChI is InChI=1S/C36H27F4N3O5S/c1-19-29(34(44)42-23-7-5-4-6-8-23)32(21-10-12-24(46-2)13-11-21)43-35(45)28(49-36(43)41-19)16-20-9-14-27(47-3)22(15-20)18-48-33-30(39)25(37)17-26(38)31(33)40/h4-17,32H,18H2,1-3H3,(H,42,44). The number of halogens is 4. The summed E-state index contributed by atoms with van der Waals surface area (Å²) in [5.41, 5.74) is 2.28. The number of anilines is 1. The Morgan fingerprint density at radius 3 is 2.29 bits per heavy atom. The van der Waals surface area contributed by atoms with Gasteiger partial charge in [-0.15, -0.1) is 0 Å². The second-order valence-electron chi connectivity index (χ2n) is 10.8. The summed E-state index contributed by atoms with van der Waals surface area (Å²) >= 11 is 1.11. The fourth-order valence-electron chi connectivity index (χ4n) is 5.41. The summed E-state index contributed by atoms with van der Waals surface area (Å²) < 4.78 is 73.5. The lowest BCUT2D eigenvalue weighted by Crippen LogP contribution is -2.40. The van der Waals surface area contributed by atoms with E-state index in [1.165, 1.54) is 18.8 Å². The van der Waals surface area contributed by atoms with Crippen LogP contribution in [-0.2, 0) is 11.4 Å². The summed E-state index contributed by atoms with van der Waals surface area (Å²) in [4.78, 5) is 32.9. The van der Waals surface area contributed by atoms with Crippen molar-refractivity contribution in [2.45, 2.75) is 19.6 Å². The van der Waals surface area contributed by atoms with E-state index in [0.717, 1.165) is 11.3 Å². The second-order valence-corrected chi connectivity index (χ2v) is 11.8. The number of allylic oxidation sites excluding steroid dienone is 1. The highest BCUT2D eigenvalue weighted by Gasteiger charge is 2.32. The molecule has 49 heavy (non-hydrogen) atoms. The number of thiazole rings is 1. The number of nitrogens with one attached hydrogen (secondary N) is 1. The number of rotatable bonds is 9. The minimum atomic E-state index is -1.67. The Kier molecular flexibility index (Phi) is 9.36. The van der Waals surface area contributed by atoms with Crippen LogP contribution in [0, 0.1) is 23.3 Å². The predicted molar refractivity (Wildman–Crippen MR) is 175 cm³/mol. The van der Waals surface area contributed by atoms with E-state index in [1.807, 2.05) is 6.07 Å². The molecule has 0 bridgehead atoms. The minimum Gasteiger partial charge on any atom is -0.497 e. The van der Waals surface area contributed by atoms with Gasteiger partial charge in [-0.05, 0) is 60.5 Å². The molecule has 5 aromatic rings. The number of aromatic nitrogens is 1. The number of carbonyl (C=O) groups is 1. The molecule has 0 aliphatic carbocycles. The molecule has 1 unspecified atom stereocenters. The zero-order valence-electron chi connectivity index (χ0n) is 26.2. The lowest BCUT2D eigenvalue weighted by Gasteiger charge is -2.25. The van der Waals surface area contributed by atoms with Gasteiger partial charge in [-0.1, -0.05) is 47.7 Å². The van der Waals surface area contributed by atoms with E-state index < -0.39 is 53.1 Å². The van der Waals surface area contributed by atoms with Gasteiger partial charge in [0.15, 0.2) is 22.2 Å². The summed E-state index contributed by atoms with van der Waals surface area (Å²) in [6, 6.07) is 20.0. The van der Waals surface area contributed by atoms with Crippen LogP contribution in [0.25, 0.3) is 6.08 Å². The number of nitrogens with zero attached hydrogens (tertiary/aromatic N) is 2. The van der Waals surface area contributed by atoms with Crippen molar-refractivity contribution in [1.29, 1.82) is 0 Å². The molecule has 1 aliphatic rings. The highest BCUT2D eigenvalue weighted by Crippen LogP contribution is 2.32. The summed E-state index contributed by atoms with van der Waals surface area (Å²) in [7, 11) is 2.90. The zero-order chi connectivity index (χ0) is 34.8. The van der Waals surface area contributed by atoms with Crippen LogP contribution in [0.15, 0.2) is 99.9 Å². The van der Waals surface area contributed by atoms with Crippen molar-refractivity contribution in [3.63, 3.8) is 0 Å². The number of carbonyl (C=O) groups excluding carboxylic acids is 1. The fraction of sp³-hybridized carbons (Fsp3) is 0.139. The topological polar surface area (TPSA) is 91.2 Å². The third-order valence-corrected chi connectivity index (χ3v) is 8.76. The van der Waals surface area contributed by atoms with Crippen LogP contribution >= 0.6 is 11.3 Å². The lowest BCUT2D eigenvalue weighted by atomic mass is 9.95. The third-order valence-electron chi connectivity index (χ3n) is 7.78. The number of hydrogen-bond donors (Lipinski definition) is 1. The lowest BCUT2D eigenvalue weighted by molar-refractivity contribution is -0.113. The van der Waals surface area contributed by atoms with Crippen molar-refractivity contribution >= 4 is 29.0 Å². The number of hydrogen-bond acceptors (Lipinski definition) is 7. The predicted octanol–water partition coefficient (Wildman–Crippen LogP) is 6.03. The number of para-hydroxylation sites is 1. The van der Waals surface area contributed by atoms with Crippen LogP contribution in [-0.4, -0.2) is 24.7 Å². The molecule has 0 spiro atoms. The zero-order valence-corrected chi connectivity index (χ0v) is 27.0. The Balaban J connectivity index is 1.41. The van der Waals surface area contributed by atoms with Crippen LogP contribution in [0.3, 0.4) is 0 Å². The van der Waals surface area contributed by atoms with E-state index in [9.17, 15) is 27.2 Å². The molecule has 250 valence electrons. The molecule has 13 heteroatoms. The molecule has 1 amide bonds. The van der Waals surface area contributed by atoms with Crippen molar-refractivity contribution in [2.24, 2.45) is 4.99 Å². The average Bonchev–Trinajstić information content (AvgIpc) is 3.40. The molecule has 0 saturated heterocycles. The molecule has 8 nitrogen and oxygen atoms in total. The molecule has 0 saturated carbocycles. The van der Waals surface area contributed by atoms with Gasteiger partial charge >= 0.3 is 0 Å². The van der Waals surface area contributed by atoms with Gasteiger partial charge in [0, 0.05) is 17.3 Å². The Morgan fingerprint density at radius 1 is 0.939 bits per heavy atom. The van der Waals surface area contributed by atoms with E-state index in [0.29, 0.717) is 33.1 Å². The Morgan fingerprint density at radius 2 is 1.63 bits per heavy atom. The maximum Gasteiger partial charge on any atom is 0.271 e. The monoisotopic (exact) mass is 689 g/mol. The molecule has 1 aliphatic heterocycles. The van der Waals surface area contributed by atoms with Crippen LogP contribution < -0.4 is 34.4 Å². The smallest absolute Gasteiger partial charge is 0.271 e. The fourth-order valence-corrected chi connectivity index (χ4v) is 6.46. The van der Waals surface area contributed by atoms with Crippen molar-refractivity contribution in [2.75, 3.05) is 19.5 Å². The summed E-state index contributed by atoms with van der Waals surface area (Å²) in [5.74, 6) is -7.32. The molecule has 4 aromatic carbocycles. The normalized spacial score (nSPS) is 14.3. The largest absolute Gasteiger partial charge is 0.497 e. The molecule has 0 radical (unpaired) electrons. The first-order chi connectivity index (χ1) is 23.6. The molecule has 2 heterocycles. The first-order valence-corrected chi connectivity index (χ1v) is 15.6. The van der Waals surface area contributed by atoms with Gasteiger partial charge in [0.25, 0.3) is 11.5 Å². The summed E-state index contributed by atoms with van der Waals surface area (Å²) in [6.45, 7) is 1.19. The SMILES string of the molecule is COc1ccc(C2C(C(=O)Nc3ccccc3)=C(C)N=c3sc(=Cc4ccc(OC)c(COc5c(F)c(F)cc(F)c5F)c4)c(=O)n32)cc1. The summed E-state index contributed by atoms with van der Waals surface area (Å²) in [6.07, 6.45) is 1.59. The number of methoxy groups -OCH3 is 2. The minimum absolute atomic E-state index is 0.0913. The van der Waals surface area contributed by atoms with Crippen molar-refractivity contribution in [3.05, 3.63) is 150 Å². The van der Waals surface area contributed by atoms with E-state index in [4.69, 9.17) is 14.2 Å². The van der Waals surface area contributed by atoms with Gasteiger partial charge in [0.2, 0.25) is 11.6 Å². The molecular formula is C36H27F4N3O5S. The Labute approximate surface area is 280 Å². The molecule has 6 rings (SSSR count). The van der Waals surface area contributed by atoms with E-state index in [1.54, 1.807) is 79.7 Å². The van der Waals surface area contributed by atoms with E-state index in [2.05, 4.69) is 10.3 Å². The van der Waals surface area contributed by atoms with E-state index in [-0.39, 0.29) is 27.5 Å². The van der Waals surface area contributed by atoms with Crippen molar-refractivity contribution < 1.29 is 36.6 Å². The quantitative estimate of drug-likeness (QED) is 0.151. The van der Waals surface area contributed by atoms with Crippen LogP contribution in [0.5, 0.6) is 17.2 Å². The maximum atomic E-state index is 14.2. The van der Waals surface area contributed by atoms with Gasteiger partial charge in [0.05, 0.1) is 36.1 Å². The van der Waals surface area contributed by atoms with Crippen molar-refractivity contribution in [1.82, 2.24) is 4.57 Å². The molecule has 1 atom stereocenters. The second kappa shape index (κ2) is 13.8. The van der Waals surface area contributed by atoms with E-state index >= 15 is 0 Å². The van der Waals surface area contributed by atoms with Gasteiger partial charge < -0.3 is 19.5 Å². The Bertz CT molecular complexity index is 2260. The summed E-state index contributed by atoms with van der Waals surface area (Å²) in [5, 5.41) is 2.90. The van der Waals surface area contributed by atoms with Gasteiger partial charge in [-0.2, -0.15) is 8.78 Å². The number of fused-ring (bicyclic) bond motifs is 1. The first-order valence-electron chi connectivity index (χ1n) is 14.7.